The molecule has 2 aliphatic rings. The van der Waals surface area contributed by atoms with E-state index in [1.54, 1.807) is 24.5 Å². The van der Waals surface area contributed by atoms with E-state index in [0.717, 1.165) is 19.2 Å². The molecule has 0 spiro atoms. The number of hydrogen-bond acceptors (Lipinski definition) is 7. The van der Waals surface area contributed by atoms with Crippen molar-refractivity contribution in [3.8, 4) is 5.75 Å². The Morgan fingerprint density at radius 2 is 1.91 bits per heavy atom. The Hall–Kier alpha value is -3.30. The van der Waals surface area contributed by atoms with Gasteiger partial charge in [-0.15, -0.1) is 0 Å². The van der Waals surface area contributed by atoms with Gasteiger partial charge in [0.25, 0.3) is 11.7 Å². The minimum atomic E-state index is -0.827. The zero-order valence-corrected chi connectivity index (χ0v) is 17.7. The summed E-state index contributed by atoms with van der Waals surface area (Å²) in [5, 5.41) is 11.1. The third-order valence-electron chi connectivity index (χ3n) is 5.74. The highest BCUT2D eigenvalue weighted by molar-refractivity contribution is 6.46. The number of methoxy groups -OCH3 is 1. The molecule has 0 radical (unpaired) electrons. The monoisotopic (exact) mass is 441 g/mol. The van der Waals surface area contributed by atoms with Crippen molar-refractivity contribution >= 4 is 17.4 Å². The van der Waals surface area contributed by atoms with E-state index in [9.17, 15) is 19.1 Å². The minimum Gasteiger partial charge on any atom is -0.507 e. The van der Waals surface area contributed by atoms with Crippen LogP contribution in [0.1, 0.15) is 17.2 Å². The van der Waals surface area contributed by atoms with Crippen LogP contribution in [0.25, 0.3) is 5.76 Å². The molecule has 3 heterocycles. The highest BCUT2D eigenvalue weighted by atomic mass is 19.1. The zero-order chi connectivity index (χ0) is 22.7. The molecule has 1 unspecified atom stereocenters. The number of morpholine rings is 1. The van der Waals surface area contributed by atoms with Crippen LogP contribution in [-0.2, 0) is 14.3 Å². The largest absolute Gasteiger partial charge is 0.507 e. The second-order valence-electron chi connectivity index (χ2n) is 7.57. The fraction of sp³-hybridized carbons (Fsp3) is 0.348. The van der Waals surface area contributed by atoms with Crippen molar-refractivity contribution in [1.82, 2.24) is 14.8 Å². The van der Waals surface area contributed by atoms with Crippen LogP contribution in [0, 0.1) is 5.82 Å². The van der Waals surface area contributed by atoms with Crippen LogP contribution in [0.2, 0.25) is 0 Å². The summed E-state index contributed by atoms with van der Waals surface area (Å²) in [7, 11) is 1.38. The maximum absolute atomic E-state index is 14.0. The fourth-order valence-corrected chi connectivity index (χ4v) is 4.09. The number of rotatable bonds is 6. The molecule has 2 aliphatic heterocycles. The topological polar surface area (TPSA) is 92.2 Å². The molecule has 1 amide bonds. The molecule has 0 bridgehead atoms. The Kier molecular flexibility index (Phi) is 6.48. The van der Waals surface area contributed by atoms with Crippen molar-refractivity contribution in [3.63, 3.8) is 0 Å². The molecule has 1 aromatic carbocycles. The molecule has 168 valence electrons. The third kappa shape index (κ3) is 4.21. The Labute approximate surface area is 184 Å². The summed E-state index contributed by atoms with van der Waals surface area (Å²) >= 11 is 0. The quantitative estimate of drug-likeness (QED) is 0.416. The van der Waals surface area contributed by atoms with Crippen LogP contribution in [0.15, 0.2) is 48.3 Å². The summed E-state index contributed by atoms with van der Waals surface area (Å²) in [6.45, 7) is 3.56. The number of aliphatic hydroxyl groups is 1. The van der Waals surface area contributed by atoms with E-state index < -0.39 is 29.3 Å². The number of aliphatic hydroxyl groups excluding tert-OH is 1. The van der Waals surface area contributed by atoms with Gasteiger partial charge in [-0.05, 0) is 35.9 Å². The third-order valence-corrected chi connectivity index (χ3v) is 5.74. The molecule has 8 nitrogen and oxygen atoms in total. The van der Waals surface area contributed by atoms with Gasteiger partial charge in [0.05, 0.1) is 37.5 Å². The van der Waals surface area contributed by atoms with Crippen LogP contribution in [-0.4, -0.2) is 78.1 Å². The van der Waals surface area contributed by atoms with Gasteiger partial charge in [0.1, 0.15) is 17.3 Å². The van der Waals surface area contributed by atoms with Crippen LogP contribution in [0.5, 0.6) is 5.75 Å². The standard InChI is InChI=1S/C23H24FN3O5/c1-31-18-3-2-16(24)14-17(18)21(28)19-20(15-4-6-25-7-5-15)27(23(30)22(19)29)9-8-26-10-12-32-13-11-26/h2-7,14,20,28H,8-13H2,1H3. The molecular formula is C23H24FN3O5. The number of Topliss-reactive ketones (excluding diaryl/α,β-unsaturated/α-hetero) is 1. The van der Waals surface area contributed by atoms with E-state index in [1.807, 2.05) is 0 Å². The van der Waals surface area contributed by atoms with Gasteiger partial charge in [-0.25, -0.2) is 4.39 Å². The predicted octanol–water partition coefficient (Wildman–Crippen LogP) is 1.98. The van der Waals surface area contributed by atoms with Gasteiger partial charge in [-0.3, -0.25) is 19.5 Å². The normalized spacial score (nSPS) is 21.2. The Bertz CT molecular complexity index is 1040. The number of nitrogens with zero attached hydrogens (tertiary/aromatic N) is 3. The number of carbonyl (C=O) groups is 2. The lowest BCUT2D eigenvalue weighted by molar-refractivity contribution is -0.140. The van der Waals surface area contributed by atoms with E-state index in [0.29, 0.717) is 25.3 Å². The van der Waals surface area contributed by atoms with Gasteiger partial charge in [-0.2, -0.15) is 0 Å². The summed E-state index contributed by atoms with van der Waals surface area (Å²) in [5.41, 5.74) is 0.530. The number of aromatic nitrogens is 1. The number of halogens is 1. The lowest BCUT2D eigenvalue weighted by atomic mass is 9.95. The van der Waals surface area contributed by atoms with Gasteiger partial charge < -0.3 is 19.5 Å². The Morgan fingerprint density at radius 3 is 2.59 bits per heavy atom. The molecule has 0 aliphatic carbocycles. The highest BCUT2D eigenvalue weighted by Crippen LogP contribution is 2.40. The summed E-state index contributed by atoms with van der Waals surface area (Å²) in [5.74, 6) is -2.42. The lowest BCUT2D eigenvalue weighted by Crippen LogP contribution is -2.42. The summed E-state index contributed by atoms with van der Waals surface area (Å²) in [4.78, 5) is 33.7. The first-order chi connectivity index (χ1) is 15.5. The zero-order valence-electron chi connectivity index (χ0n) is 17.7. The van der Waals surface area contributed by atoms with Crippen molar-refractivity contribution in [3.05, 3.63) is 65.2 Å². The van der Waals surface area contributed by atoms with Gasteiger partial charge in [-0.1, -0.05) is 0 Å². The molecule has 0 saturated carbocycles. The van der Waals surface area contributed by atoms with Crippen molar-refractivity contribution in [2.24, 2.45) is 0 Å². The molecule has 2 fully saturated rings. The highest BCUT2D eigenvalue weighted by Gasteiger charge is 2.46. The van der Waals surface area contributed by atoms with Crippen LogP contribution in [0.4, 0.5) is 4.39 Å². The van der Waals surface area contributed by atoms with E-state index in [-0.39, 0.29) is 23.4 Å². The van der Waals surface area contributed by atoms with Gasteiger partial charge in [0.2, 0.25) is 0 Å². The first kappa shape index (κ1) is 21.9. The predicted molar refractivity (Wildman–Crippen MR) is 113 cm³/mol. The average molecular weight is 441 g/mol. The maximum Gasteiger partial charge on any atom is 0.295 e. The molecule has 1 atom stereocenters. The summed E-state index contributed by atoms with van der Waals surface area (Å²) in [6.07, 6.45) is 3.11. The second kappa shape index (κ2) is 9.46. The van der Waals surface area contributed by atoms with Gasteiger partial charge in [0.15, 0.2) is 0 Å². The molecule has 1 N–H and O–H groups in total. The van der Waals surface area contributed by atoms with Crippen LogP contribution in [0.3, 0.4) is 0 Å². The average Bonchev–Trinajstić information content (AvgIpc) is 3.08. The molecular weight excluding hydrogens is 417 g/mol. The maximum atomic E-state index is 14.0. The first-order valence-electron chi connectivity index (χ1n) is 10.3. The van der Waals surface area contributed by atoms with Gasteiger partial charge in [0, 0.05) is 38.6 Å². The van der Waals surface area contributed by atoms with Crippen LogP contribution >= 0.6 is 0 Å². The Morgan fingerprint density at radius 1 is 1.19 bits per heavy atom. The van der Waals surface area contributed by atoms with Crippen molar-refractivity contribution < 1.29 is 28.6 Å². The number of likely N-dealkylation sites (tertiary alicyclic amines) is 1. The number of ketones is 1. The van der Waals surface area contributed by atoms with Crippen molar-refractivity contribution in [2.75, 3.05) is 46.5 Å². The van der Waals surface area contributed by atoms with E-state index >= 15 is 0 Å². The molecule has 2 aromatic rings. The summed E-state index contributed by atoms with van der Waals surface area (Å²) in [6, 6.07) is 6.19. The number of amides is 1. The molecule has 1 aromatic heterocycles. The van der Waals surface area contributed by atoms with Crippen LogP contribution < -0.4 is 4.74 Å². The second-order valence-corrected chi connectivity index (χ2v) is 7.57. The molecule has 4 rings (SSSR count). The number of benzene rings is 1. The number of carbonyl (C=O) groups excluding carboxylic acids is 2. The molecule has 32 heavy (non-hydrogen) atoms. The first-order valence-corrected chi connectivity index (χ1v) is 10.3. The van der Waals surface area contributed by atoms with E-state index in [2.05, 4.69) is 9.88 Å². The number of hydrogen-bond donors (Lipinski definition) is 1. The fourth-order valence-electron chi connectivity index (χ4n) is 4.09. The van der Waals surface area contributed by atoms with E-state index in [4.69, 9.17) is 9.47 Å². The smallest absolute Gasteiger partial charge is 0.295 e. The summed E-state index contributed by atoms with van der Waals surface area (Å²) < 4.78 is 24.6. The SMILES string of the molecule is COc1ccc(F)cc1C(O)=C1C(=O)C(=O)N(CCN2CCOCC2)C1c1ccncc1. The Balaban J connectivity index is 1.76. The van der Waals surface area contributed by atoms with Gasteiger partial charge >= 0.3 is 0 Å². The number of pyridine rings is 1. The number of ether oxygens (including phenoxy) is 2. The minimum absolute atomic E-state index is 0.0118. The lowest BCUT2D eigenvalue weighted by Gasteiger charge is -2.31. The van der Waals surface area contributed by atoms with E-state index in [1.165, 1.54) is 24.1 Å². The van der Waals surface area contributed by atoms with Crippen molar-refractivity contribution in [1.29, 1.82) is 0 Å². The molecule has 2 saturated heterocycles. The van der Waals surface area contributed by atoms with Crippen molar-refractivity contribution in [2.45, 2.75) is 6.04 Å². The molecule has 9 heteroatoms.